The van der Waals surface area contributed by atoms with Crippen LogP contribution in [0.4, 0.5) is 4.79 Å². The van der Waals surface area contributed by atoms with Crippen LogP contribution in [0.3, 0.4) is 0 Å². The first-order chi connectivity index (χ1) is 8.56. The zero-order valence-corrected chi connectivity index (χ0v) is 11.8. The largest absolute Gasteiger partial charge is 0.481 e. The molecule has 0 aliphatic heterocycles. The molecule has 1 fully saturated rings. The lowest BCUT2D eigenvalue weighted by atomic mass is 10.1. The molecule has 0 heterocycles. The minimum Gasteiger partial charge on any atom is -0.481 e. The lowest BCUT2D eigenvalue weighted by Gasteiger charge is -2.19. The maximum Gasteiger partial charge on any atom is 0.315 e. The van der Waals surface area contributed by atoms with Crippen LogP contribution in [0.2, 0.25) is 0 Å². The SMILES string of the molecule is CCC(CSC)NC(=O)NC1CCC(C(=O)O)C1. The number of amides is 2. The second kappa shape index (κ2) is 7.51. The molecule has 5 nitrogen and oxygen atoms in total. The second-order valence-electron chi connectivity index (χ2n) is 4.72. The van der Waals surface area contributed by atoms with Gasteiger partial charge in [0.15, 0.2) is 0 Å². The molecule has 3 unspecified atom stereocenters. The molecule has 6 heteroatoms. The van der Waals surface area contributed by atoms with Gasteiger partial charge in [0.2, 0.25) is 0 Å². The van der Waals surface area contributed by atoms with Crippen LogP contribution in [0.5, 0.6) is 0 Å². The van der Waals surface area contributed by atoms with Gasteiger partial charge < -0.3 is 15.7 Å². The van der Waals surface area contributed by atoms with Gasteiger partial charge in [0.25, 0.3) is 0 Å². The van der Waals surface area contributed by atoms with Crippen LogP contribution in [-0.2, 0) is 4.79 Å². The van der Waals surface area contributed by atoms with Crippen LogP contribution < -0.4 is 10.6 Å². The van der Waals surface area contributed by atoms with Gasteiger partial charge in [-0.05, 0) is 31.9 Å². The molecule has 0 bridgehead atoms. The molecule has 1 aliphatic carbocycles. The summed E-state index contributed by atoms with van der Waals surface area (Å²) in [6.45, 7) is 2.04. The van der Waals surface area contributed by atoms with Gasteiger partial charge in [-0.3, -0.25) is 4.79 Å². The van der Waals surface area contributed by atoms with Crippen molar-refractivity contribution < 1.29 is 14.7 Å². The van der Waals surface area contributed by atoms with Crippen LogP contribution in [0.25, 0.3) is 0 Å². The molecule has 1 rings (SSSR count). The van der Waals surface area contributed by atoms with Crippen LogP contribution in [0, 0.1) is 5.92 Å². The van der Waals surface area contributed by atoms with Crippen LogP contribution in [0.15, 0.2) is 0 Å². The Hall–Kier alpha value is -0.910. The molecule has 2 amide bonds. The number of nitrogens with one attached hydrogen (secondary N) is 2. The number of carboxylic acid groups (broad SMARTS) is 1. The molecule has 0 radical (unpaired) electrons. The average molecular weight is 274 g/mol. The van der Waals surface area contributed by atoms with E-state index in [2.05, 4.69) is 10.6 Å². The second-order valence-corrected chi connectivity index (χ2v) is 5.63. The molecule has 3 N–H and O–H groups in total. The van der Waals surface area contributed by atoms with Crippen molar-refractivity contribution in [3.05, 3.63) is 0 Å². The summed E-state index contributed by atoms with van der Waals surface area (Å²) in [6.07, 6.45) is 4.86. The Morgan fingerprint density at radius 1 is 1.44 bits per heavy atom. The van der Waals surface area contributed by atoms with Crippen molar-refractivity contribution in [2.24, 2.45) is 5.92 Å². The highest BCUT2D eigenvalue weighted by Gasteiger charge is 2.30. The summed E-state index contributed by atoms with van der Waals surface area (Å²) in [4.78, 5) is 22.6. The minimum absolute atomic E-state index is 0.00196. The summed E-state index contributed by atoms with van der Waals surface area (Å²) in [5, 5.41) is 14.7. The van der Waals surface area contributed by atoms with E-state index in [4.69, 9.17) is 5.11 Å². The monoisotopic (exact) mass is 274 g/mol. The van der Waals surface area contributed by atoms with E-state index < -0.39 is 5.97 Å². The van der Waals surface area contributed by atoms with Crippen molar-refractivity contribution in [1.82, 2.24) is 10.6 Å². The number of hydrogen-bond donors (Lipinski definition) is 3. The van der Waals surface area contributed by atoms with E-state index in [1.165, 1.54) is 0 Å². The lowest BCUT2D eigenvalue weighted by molar-refractivity contribution is -0.141. The highest BCUT2D eigenvalue weighted by molar-refractivity contribution is 7.98. The molecule has 1 saturated carbocycles. The molecule has 0 aromatic rings. The number of thioether (sulfide) groups is 1. The standard InChI is InChI=1S/C12H22N2O3S/c1-3-9(7-18-2)13-12(17)14-10-5-4-8(6-10)11(15)16/h8-10H,3-7H2,1-2H3,(H,15,16)(H2,13,14,17). The van der Waals surface area contributed by atoms with Gasteiger partial charge in [0.05, 0.1) is 5.92 Å². The highest BCUT2D eigenvalue weighted by atomic mass is 32.2. The highest BCUT2D eigenvalue weighted by Crippen LogP contribution is 2.25. The molecule has 0 aromatic heterocycles. The molecular formula is C12H22N2O3S. The third kappa shape index (κ3) is 4.76. The van der Waals surface area contributed by atoms with E-state index in [1.807, 2.05) is 13.2 Å². The van der Waals surface area contributed by atoms with Crippen molar-refractivity contribution in [1.29, 1.82) is 0 Å². The third-order valence-corrected chi connectivity index (χ3v) is 4.05. The zero-order valence-electron chi connectivity index (χ0n) is 10.9. The minimum atomic E-state index is -0.756. The molecule has 0 aromatic carbocycles. The Bertz CT molecular complexity index is 299. The topological polar surface area (TPSA) is 78.4 Å². The van der Waals surface area contributed by atoms with Crippen LogP contribution in [-0.4, -0.2) is 41.2 Å². The van der Waals surface area contributed by atoms with Crippen molar-refractivity contribution in [2.45, 2.75) is 44.7 Å². The summed E-state index contributed by atoms with van der Waals surface area (Å²) in [6, 6.07) is 0.00139. The Morgan fingerprint density at radius 2 is 2.17 bits per heavy atom. The molecule has 18 heavy (non-hydrogen) atoms. The normalized spacial score (nSPS) is 24.6. The fraction of sp³-hybridized carbons (Fsp3) is 0.833. The van der Waals surface area contributed by atoms with Gasteiger partial charge in [0.1, 0.15) is 0 Å². The van der Waals surface area contributed by atoms with Gasteiger partial charge in [-0.2, -0.15) is 11.8 Å². The number of rotatable bonds is 6. The maximum absolute atomic E-state index is 11.7. The number of carboxylic acids is 1. The Kier molecular flexibility index (Phi) is 6.32. The summed E-state index contributed by atoms with van der Waals surface area (Å²) >= 11 is 1.70. The van der Waals surface area contributed by atoms with E-state index in [0.717, 1.165) is 18.6 Å². The van der Waals surface area contributed by atoms with Gasteiger partial charge in [-0.25, -0.2) is 4.79 Å². The molecule has 3 atom stereocenters. The van der Waals surface area contributed by atoms with Crippen molar-refractivity contribution in [3.8, 4) is 0 Å². The van der Waals surface area contributed by atoms with Gasteiger partial charge in [0, 0.05) is 17.8 Å². The van der Waals surface area contributed by atoms with E-state index in [9.17, 15) is 9.59 Å². The smallest absolute Gasteiger partial charge is 0.315 e. The zero-order chi connectivity index (χ0) is 13.5. The van der Waals surface area contributed by atoms with E-state index >= 15 is 0 Å². The first-order valence-corrected chi connectivity index (χ1v) is 7.75. The van der Waals surface area contributed by atoms with Crippen molar-refractivity contribution in [2.75, 3.05) is 12.0 Å². The predicted molar refractivity (Wildman–Crippen MR) is 72.9 cm³/mol. The lowest BCUT2D eigenvalue weighted by Crippen LogP contribution is -2.46. The maximum atomic E-state index is 11.7. The van der Waals surface area contributed by atoms with Crippen molar-refractivity contribution in [3.63, 3.8) is 0 Å². The summed E-state index contributed by atoms with van der Waals surface area (Å²) in [7, 11) is 0. The molecule has 0 spiro atoms. The summed E-state index contributed by atoms with van der Waals surface area (Å²) in [5.41, 5.74) is 0. The van der Waals surface area contributed by atoms with E-state index in [0.29, 0.717) is 12.8 Å². The quantitative estimate of drug-likeness (QED) is 0.688. The summed E-state index contributed by atoms with van der Waals surface area (Å²) < 4.78 is 0. The van der Waals surface area contributed by atoms with Gasteiger partial charge >= 0.3 is 12.0 Å². The number of carbonyl (C=O) groups excluding carboxylic acids is 1. The number of aliphatic carboxylic acids is 1. The number of hydrogen-bond acceptors (Lipinski definition) is 3. The first-order valence-electron chi connectivity index (χ1n) is 6.35. The molecular weight excluding hydrogens is 252 g/mol. The fourth-order valence-corrected chi connectivity index (χ4v) is 2.93. The van der Waals surface area contributed by atoms with Crippen molar-refractivity contribution >= 4 is 23.8 Å². The Morgan fingerprint density at radius 3 is 2.67 bits per heavy atom. The average Bonchev–Trinajstić information content (AvgIpc) is 2.77. The number of carbonyl (C=O) groups is 2. The van der Waals surface area contributed by atoms with Crippen LogP contribution >= 0.6 is 11.8 Å². The Balaban J connectivity index is 2.30. The molecule has 0 saturated heterocycles. The van der Waals surface area contributed by atoms with Crippen LogP contribution in [0.1, 0.15) is 32.6 Å². The predicted octanol–water partition coefficient (Wildman–Crippen LogP) is 1.68. The van der Waals surface area contributed by atoms with Gasteiger partial charge in [-0.15, -0.1) is 0 Å². The Labute approximate surface area is 112 Å². The fourth-order valence-electron chi connectivity index (χ4n) is 2.21. The molecule has 1 aliphatic rings. The number of urea groups is 1. The van der Waals surface area contributed by atoms with E-state index in [1.54, 1.807) is 11.8 Å². The van der Waals surface area contributed by atoms with Gasteiger partial charge in [-0.1, -0.05) is 6.92 Å². The molecule has 104 valence electrons. The summed E-state index contributed by atoms with van der Waals surface area (Å²) in [5.74, 6) is -0.163. The van der Waals surface area contributed by atoms with E-state index in [-0.39, 0.29) is 24.0 Å². The first kappa shape index (κ1) is 15.1. The third-order valence-electron chi connectivity index (χ3n) is 3.31.